The van der Waals surface area contributed by atoms with Crippen LogP contribution in [0.25, 0.3) is 0 Å². The van der Waals surface area contributed by atoms with E-state index in [4.69, 9.17) is 0 Å². The van der Waals surface area contributed by atoms with E-state index in [9.17, 15) is 13.2 Å². The van der Waals surface area contributed by atoms with E-state index in [1.807, 2.05) is 0 Å². The topological polar surface area (TPSA) is 0 Å². The van der Waals surface area contributed by atoms with Crippen LogP contribution in [0.5, 0.6) is 0 Å². The second kappa shape index (κ2) is 10.5. The van der Waals surface area contributed by atoms with Gasteiger partial charge in [-0.1, -0.05) is 44.8 Å². The maximum atomic E-state index is 13.5. The summed E-state index contributed by atoms with van der Waals surface area (Å²) in [6.45, 7) is 2.27. The van der Waals surface area contributed by atoms with Crippen molar-refractivity contribution >= 4 is 0 Å². The number of benzene rings is 1. The zero-order valence-corrected chi connectivity index (χ0v) is 17.2. The largest absolute Gasteiger partial charge is 0.204 e. The minimum Gasteiger partial charge on any atom is -0.204 e. The van der Waals surface area contributed by atoms with Gasteiger partial charge in [-0.05, 0) is 92.7 Å². The normalized spacial score (nSPS) is 28.7. The number of hydrogen-bond acceptors (Lipinski definition) is 0. The second-order valence-corrected chi connectivity index (χ2v) is 9.07. The molecule has 3 heteroatoms. The highest BCUT2D eigenvalue weighted by Gasteiger charge is 2.24. The number of unbranched alkanes of at least 4 members (excludes halogenated alkanes) is 2. The molecule has 0 spiro atoms. The molecule has 0 nitrogen and oxygen atoms in total. The lowest BCUT2D eigenvalue weighted by Crippen LogP contribution is -2.15. The Kier molecular flexibility index (Phi) is 8.05. The van der Waals surface area contributed by atoms with Crippen molar-refractivity contribution < 1.29 is 13.2 Å². The summed E-state index contributed by atoms with van der Waals surface area (Å²) in [5.74, 6) is -1.09. The molecule has 156 valence electrons. The Bertz CT molecular complexity index is 612. The average molecular weight is 393 g/mol. The molecule has 0 heterocycles. The summed E-state index contributed by atoms with van der Waals surface area (Å²) in [6.07, 6.45) is 19.7. The molecule has 0 aromatic heterocycles. The number of hydrogen-bond donors (Lipinski definition) is 0. The van der Waals surface area contributed by atoms with Crippen LogP contribution in [0.15, 0.2) is 24.3 Å². The summed E-state index contributed by atoms with van der Waals surface area (Å²) in [5.41, 5.74) is 0.611. The lowest BCUT2D eigenvalue weighted by molar-refractivity contribution is 0.288. The molecule has 2 fully saturated rings. The van der Waals surface area contributed by atoms with E-state index in [2.05, 4.69) is 19.1 Å². The Labute approximate surface area is 168 Å². The minimum atomic E-state index is -1.36. The van der Waals surface area contributed by atoms with Gasteiger partial charge in [0.2, 0.25) is 0 Å². The molecule has 0 radical (unpaired) electrons. The van der Waals surface area contributed by atoms with Crippen LogP contribution in [0.4, 0.5) is 13.2 Å². The number of allylic oxidation sites excluding steroid dienone is 2. The molecular formula is C25H35F3. The Morgan fingerprint density at radius 2 is 1.32 bits per heavy atom. The smallest absolute Gasteiger partial charge is 0.194 e. The van der Waals surface area contributed by atoms with Crippen molar-refractivity contribution in [3.05, 3.63) is 47.3 Å². The van der Waals surface area contributed by atoms with Crippen LogP contribution < -0.4 is 0 Å². The van der Waals surface area contributed by atoms with Crippen molar-refractivity contribution in [3.8, 4) is 0 Å². The van der Waals surface area contributed by atoms with Gasteiger partial charge in [0.25, 0.3) is 0 Å². The maximum Gasteiger partial charge on any atom is 0.194 e. The fourth-order valence-electron chi connectivity index (χ4n) is 5.12. The highest BCUT2D eigenvalue weighted by Crippen LogP contribution is 2.38. The lowest BCUT2D eigenvalue weighted by Gasteiger charge is -2.29. The predicted octanol–water partition coefficient (Wildman–Crippen LogP) is 8.32. The molecule has 0 atom stereocenters. The molecule has 0 saturated heterocycles. The monoisotopic (exact) mass is 392 g/mol. The Morgan fingerprint density at radius 3 is 1.86 bits per heavy atom. The van der Waals surface area contributed by atoms with Crippen LogP contribution in [0.2, 0.25) is 0 Å². The quantitative estimate of drug-likeness (QED) is 0.248. The van der Waals surface area contributed by atoms with Gasteiger partial charge in [0.05, 0.1) is 0 Å². The molecule has 0 amide bonds. The van der Waals surface area contributed by atoms with Crippen molar-refractivity contribution in [2.24, 2.45) is 17.8 Å². The summed E-state index contributed by atoms with van der Waals surface area (Å²) in [7, 11) is 0. The zero-order chi connectivity index (χ0) is 19.9. The number of rotatable bonds is 7. The first-order valence-electron chi connectivity index (χ1n) is 11.4. The fourth-order valence-corrected chi connectivity index (χ4v) is 5.12. The molecule has 3 rings (SSSR count). The van der Waals surface area contributed by atoms with Crippen LogP contribution in [-0.2, 0) is 0 Å². The summed E-state index contributed by atoms with van der Waals surface area (Å²) >= 11 is 0. The van der Waals surface area contributed by atoms with Gasteiger partial charge >= 0.3 is 0 Å². The van der Waals surface area contributed by atoms with Crippen molar-refractivity contribution in [3.63, 3.8) is 0 Å². The molecule has 0 bridgehead atoms. The Hall–Kier alpha value is -1.25. The van der Waals surface area contributed by atoms with Gasteiger partial charge in [-0.25, -0.2) is 13.2 Å². The molecule has 1 aromatic rings. The first kappa shape index (κ1) is 21.5. The van der Waals surface area contributed by atoms with Crippen molar-refractivity contribution in [2.45, 2.75) is 89.9 Å². The van der Waals surface area contributed by atoms with E-state index >= 15 is 0 Å². The van der Waals surface area contributed by atoms with Gasteiger partial charge < -0.3 is 0 Å². The van der Waals surface area contributed by atoms with Crippen LogP contribution in [0.3, 0.4) is 0 Å². The summed E-state index contributed by atoms with van der Waals surface area (Å²) in [4.78, 5) is 0. The average Bonchev–Trinajstić information content (AvgIpc) is 2.71. The van der Waals surface area contributed by atoms with Gasteiger partial charge in [-0.15, -0.1) is 0 Å². The van der Waals surface area contributed by atoms with E-state index in [1.165, 1.54) is 63.5 Å². The second-order valence-electron chi connectivity index (χ2n) is 9.07. The SMILES string of the molecule is CCCCCC1CCC(C=CC2CCC(c3cc(F)c(F)c(F)c3)CC2)CC1. The standard InChI is InChI=1S/C25H35F3/c1-2-3-4-5-18-6-8-19(9-7-18)10-11-20-12-14-21(15-13-20)22-16-23(26)25(28)24(27)17-22/h10-11,16-21H,2-9,12-15H2,1H3. The van der Waals surface area contributed by atoms with E-state index in [0.717, 1.165) is 37.5 Å². The van der Waals surface area contributed by atoms with Crippen LogP contribution in [0, 0.1) is 35.2 Å². The van der Waals surface area contributed by atoms with Crippen LogP contribution in [0.1, 0.15) is 95.5 Å². The first-order chi connectivity index (χ1) is 13.6. The molecule has 2 saturated carbocycles. The number of halogens is 3. The molecule has 0 unspecified atom stereocenters. The molecule has 0 aliphatic heterocycles. The van der Waals surface area contributed by atoms with E-state index in [-0.39, 0.29) is 5.92 Å². The predicted molar refractivity (Wildman–Crippen MR) is 110 cm³/mol. The molecule has 2 aliphatic carbocycles. The lowest BCUT2D eigenvalue weighted by atomic mass is 9.76. The van der Waals surface area contributed by atoms with Gasteiger partial charge in [0.15, 0.2) is 17.5 Å². The third-order valence-corrected chi connectivity index (χ3v) is 7.01. The molecule has 2 aliphatic rings. The molecule has 28 heavy (non-hydrogen) atoms. The van der Waals surface area contributed by atoms with Crippen molar-refractivity contribution in [1.29, 1.82) is 0 Å². The van der Waals surface area contributed by atoms with E-state index in [1.54, 1.807) is 0 Å². The third kappa shape index (κ3) is 5.87. The molecule has 1 aromatic carbocycles. The third-order valence-electron chi connectivity index (χ3n) is 7.01. The maximum absolute atomic E-state index is 13.5. The van der Waals surface area contributed by atoms with E-state index < -0.39 is 17.5 Å². The Balaban J connectivity index is 1.41. The summed E-state index contributed by atoms with van der Waals surface area (Å²) in [6, 6.07) is 2.36. The Morgan fingerprint density at radius 1 is 0.786 bits per heavy atom. The van der Waals surface area contributed by atoms with Crippen LogP contribution >= 0.6 is 0 Å². The van der Waals surface area contributed by atoms with Gasteiger partial charge in [-0.2, -0.15) is 0 Å². The van der Waals surface area contributed by atoms with Gasteiger partial charge in [-0.3, -0.25) is 0 Å². The summed E-state index contributed by atoms with van der Waals surface area (Å²) < 4.78 is 40.1. The molecule has 0 N–H and O–H groups in total. The first-order valence-corrected chi connectivity index (χ1v) is 11.4. The van der Waals surface area contributed by atoms with Crippen molar-refractivity contribution in [2.75, 3.05) is 0 Å². The van der Waals surface area contributed by atoms with E-state index in [0.29, 0.717) is 11.5 Å². The highest BCUT2D eigenvalue weighted by atomic mass is 19.2. The highest BCUT2D eigenvalue weighted by molar-refractivity contribution is 5.23. The minimum absolute atomic E-state index is 0.146. The molecular weight excluding hydrogens is 357 g/mol. The van der Waals surface area contributed by atoms with Gasteiger partial charge in [0.1, 0.15) is 0 Å². The van der Waals surface area contributed by atoms with Crippen LogP contribution in [-0.4, -0.2) is 0 Å². The van der Waals surface area contributed by atoms with Gasteiger partial charge in [0, 0.05) is 0 Å². The van der Waals surface area contributed by atoms with Crippen molar-refractivity contribution in [1.82, 2.24) is 0 Å². The summed E-state index contributed by atoms with van der Waals surface area (Å²) in [5, 5.41) is 0. The fraction of sp³-hybridized carbons (Fsp3) is 0.680. The zero-order valence-electron chi connectivity index (χ0n) is 17.2.